The van der Waals surface area contributed by atoms with Crippen molar-refractivity contribution in [3.8, 4) is 0 Å². The predicted molar refractivity (Wildman–Crippen MR) is 351 cm³/mol. The number of amides is 12. The molecule has 1 fully saturated rings. The third-order valence-electron chi connectivity index (χ3n) is 17.3. The van der Waals surface area contributed by atoms with Crippen LogP contribution in [-0.4, -0.2) is 194 Å². The van der Waals surface area contributed by atoms with Crippen molar-refractivity contribution in [1.29, 1.82) is 0 Å². The highest BCUT2D eigenvalue weighted by Gasteiger charge is 2.44. The van der Waals surface area contributed by atoms with E-state index in [1.807, 2.05) is 90.9 Å². The quantitative estimate of drug-likeness (QED) is 0.0339. The molecule has 25 heteroatoms. The normalized spacial score (nSPS) is 17.3. The molecule has 0 aromatic heterocycles. The van der Waals surface area contributed by atoms with Gasteiger partial charge in [-0.3, -0.25) is 57.7 Å². The maximum absolute atomic E-state index is 14.6. The first kappa shape index (κ1) is 76.7. The average Bonchev–Trinajstić information content (AvgIpc) is 1.50. The fraction of sp³-hybridized carbons (Fsp3) is 0.627. The summed E-state index contributed by atoms with van der Waals surface area (Å²) in [5.41, 5.74) is 6.68. The van der Waals surface area contributed by atoms with Crippen molar-refractivity contribution in [2.24, 2.45) is 35.3 Å². The van der Waals surface area contributed by atoms with Gasteiger partial charge in [-0.1, -0.05) is 105 Å². The number of likely N-dealkylation sites (N-methyl/N-ethyl adjacent to an activating group) is 2. The Labute approximate surface area is 543 Å². The van der Waals surface area contributed by atoms with E-state index in [4.69, 9.17) is 15.2 Å². The predicted octanol–water partition coefficient (Wildman–Crippen LogP) is 4.50. The number of nitrogens with zero attached hydrogens (tertiary/aromatic N) is 4. The number of benzene rings is 2. The summed E-state index contributed by atoms with van der Waals surface area (Å²) in [6, 6.07) is 9.07. The molecule has 11 atom stereocenters. The first-order valence-corrected chi connectivity index (χ1v) is 32.4. The summed E-state index contributed by atoms with van der Waals surface area (Å²) in [5.74, 6) is -5.72. The van der Waals surface area contributed by atoms with E-state index in [-0.39, 0.29) is 104 Å². The fourth-order valence-electron chi connectivity index (χ4n) is 12.1. The van der Waals surface area contributed by atoms with Gasteiger partial charge < -0.3 is 62.2 Å². The van der Waals surface area contributed by atoms with Crippen LogP contribution in [0.3, 0.4) is 0 Å². The zero-order chi connectivity index (χ0) is 68.5. The number of hydrogen-bond acceptors (Lipinski definition) is 14. The number of likely N-dealkylation sites (tertiary alicyclic amines) is 1. The summed E-state index contributed by atoms with van der Waals surface area (Å²) in [7, 11) is 8.38. The highest BCUT2D eigenvalue weighted by atomic mass is 16.5. The molecule has 0 bridgehead atoms. The number of imide groups is 1. The number of primary amides is 1. The van der Waals surface area contributed by atoms with Crippen LogP contribution >= 0.6 is 0 Å². The molecular formula is C67H104N12O13. The van der Waals surface area contributed by atoms with Gasteiger partial charge in [0.25, 0.3) is 11.8 Å². The summed E-state index contributed by atoms with van der Waals surface area (Å²) in [6.45, 7) is 17.6. The van der Waals surface area contributed by atoms with Gasteiger partial charge in [0.1, 0.15) is 24.2 Å². The molecule has 0 unspecified atom stereocenters. The van der Waals surface area contributed by atoms with E-state index < -0.39 is 90.1 Å². The minimum absolute atomic E-state index is 0.00816. The van der Waals surface area contributed by atoms with Gasteiger partial charge in [0.15, 0.2) is 0 Å². The zero-order valence-electron chi connectivity index (χ0n) is 56.5. The third-order valence-corrected chi connectivity index (χ3v) is 17.3. The lowest BCUT2D eigenvalue weighted by Crippen LogP contribution is -2.59. The van der Waals surface area contributed by atoms with Crippen LogP contribution in [0.25, 0.3) is 0 Å². The first-order valence-electron chi connectivity index (χ1n) is 32.4. The Morgan fingerprint density at radius 2 is 1.25 bits per heavy atom. The molecule has 2 aliphatic rings. The number of rotatable bonds is 38. The van der Waals surface area contributed by atoms with Crippen LogP contribution in [0.1, 0.15) is 132 Å². The fourth-order valence-corrected chi connectivity index (χ4v) is 12.1. The number of unbranched alkanes of at least 4 members (excludes halogenated alkanes) is 2. The monoisotopic (exact) mass is 1280 g/mol. The Hall–Kier alpha value is -7.77. The number of methoxy groups -OCH3 is 2. The van der Waals surface area contributed by atoms with Gasteiger partial charge in [-0.25, -0.2) is 4.79 Å². The molecular weight excluding hydrogens is 1180 g/mol. The van der Waals surface area contributed by atoms with E-state index in [9.17, 15) is 52.7 Å². The molecule has 25 nitrogen and oxygen atoms in total. The lowest BCUT2D eigenvalue weighted by Gasteiger charge is -2.41. The van der Waals surface area contributed by atoms with Gasteiger partial charge in [-0.05, 0) is 106 Å². The van der Waals surface area contributed by atoms with Gasteiger partial charge in [0, 0.05) is 77.3 Å². The van der Waals surface area contributed by atoms with Crippen LogP contribution < -0.4 is 43.0 Å². The summed E-state index contributed by atoms with van der Waals surface area (Å²) in [6.07, 6.45) is 4.73. The van der Waals surface area contributed by atoms with E-state index in [1.165, 1.54) is 26.4 Å². The molecule has 510 valence electrons. The Kier molecular flexibility index (Phi) is 31.4. The van der Waals surface area contributed by atoms with Crippen LogP contribution in [-0.2, 0) is 63.8 Å². The van der Waals surface area contributed by atoms with Crippen molar-refractivity contribution in [1.82, 2.24) is 46.2 Å². The molecule has 0 radical (unpaired) electrons. The van der Waals surface area contributed by atoms with Gasteiger partial charge in [0.2, 0.25) is 47.3 Å². The van der Waals surface area contributed by atoms with E-state index in [1.54, 1.807) is 61.9 Å². The third kappa shape index (κ3) is 22.8. The van der Waals surface area contributed by atoms with E-state index in [2.05, 4.69) is 37.2 Å². The molecule has 2 aromatic carbocycles. The van der Waals surface area contributed by atoms with Gasteiger partial charge in [-0.15, -0.1) is 0 Å². The number of hydrogen-bond donors (Lipinski definition) is 8. The number of nitrogens with one attached hydrogen (secondary N) is 7. The van der Waals surface area contributed by atoms with Crippen LogP contribution in [0, 0.1) is 29.6 Å². The van der Waals surface area contributed by atoms with Crippen molar-refractivity contribution in [2.45, 2.75) is 187 Å². The number of carbonyl (C=O) groups excluding carboxylic acids is 11. The second-order valence-electron chi connectivity index (χ2n) is 25.5. The van der Waals surface area contributed by atoms with Crippen molar-refractivity contribution in [2.75, 3.05) is 65.6 Å². The van der Waals surface area contributed by atoms with Gasteiger partial charge in [0.05, 0.1) is 42.7 Å². The second-order valence-corrected chi connectivity index (χ2v) is 25.5. The Morgan fingerprint density at radius 1 is 0.663 bits per heavy atom. The summed E-state index contributed by atoms with van der Waals surface area (Å²) in [4.78, 5) is 154. The molecule has 0 spiro atoms. The minimum Gasteiger partial charge on any atom is -0.379 e. The number of urea groups is 1. The largest absolute Gasteiger partial charge is 0.379 e. The Balaban J connectivity index is 1.45. The van der Waals surface area contributed by atoms with E-state index in [0.29, 0.717) is 56.4 Å². The molecule has 1 saturated heterocycles. The van der Waals surface area contributed by atoms with Crippen LogP contribution in [0.5, 0.6) is 0 Å². The summed E-state index contributed by atoms with van der Waals surface area (Å²) in [5, 5.41) is 19.7. The summed E-state index contributed by atoms with van der Waals surface area (Å²) < 4.78 is 12.2. The van der Waals surface area contributed by atoms with Gasteiger partial charge in [-0.2, -0.15) is 0 Å². The number of ether oxygens (including phenoxy) is 2. The lowest BCUT2D eigenvalue weighted by molar-refractivity contribution is -0.148. The highest BCUT2D eigenvalue weighted by molar-refractivity contribution is 6.12. The Morgan fingerprint density at radius 3 is 1.78 bits per heavy atom. The van der Waals surface area contributed by atoms with Crippen molar-refractivity contribution in [3.05, 3.63) is 72.3 Å². The first-order chi connectivity index (χ1) is 43.5. The maximum Gasteiger partial charge on any atom is 0.312 e. The van der Waals surface area contributed by atoms with E-state index >= 15 is 0 Å². The molecule has 4 rings (SSSR count). The van der Waals surface area contributed by atoms with Crippen LogP contribution in [0.15, 0.2) is 66.7 Å². The van der Waals surface area contributed by atoms with Crippen LogP contribution in [0.4, 0.5) is 16.2 Å². The molecule has 9 N–H and O–H groups in total. The van der Waals surface area contributed by atoms with Crippen molar-refractivity contribution >= 4 is 76.5 Å². The van der Waals surface area contributed by atoms with Gasteiger partial charge >= 0.3 is 6.03 Å². The molecule has 0 saturated carbocycles. The van der Waals surface area contributed by atoms with Crippen LogP contribution in [0.2, 0.25) is 0 Å². The topological polar surface area (TPSA) is 329 Å². The number of anilines is 2. The SMILES string of the molecule is CC[C@H](C)[C@@H]([C@@H](CC(=O)N1CCC[C@H]1[C@H](OC)[C@@H](C)C(=O)N[C@@H](Cc1ccccc1)C(=O)Nc1ccc(NC(=O)[C@H](CCCNC(N)=O)NC(=O)[C@@H](NC(=O)CCCCCN2C(=O)C=CC2=O)C(C)C)cc1)OC)N(C)C(=O)[C@@H](NC(=O)[C@H](C(C)C)N(C)C)C(C)C. The Bertz CT molecular complexity index is 2810. The second kappa shape index (κ2) is 37.7. The maximum atomic E-state index is 14.6. The van der Waals surface area contributed by atoms with Crippen molar-refractivity contribution in [3.63, 3.8) is 0 Å². The molecule has 2 heterocycles. The molecule has 2 aliphatic heterocycles. The standard InChI is InChI=1S/C67H104N12O13/c1-15-43(8)59(77(12)66(89)57(41(4)5)75-65(88)58(42(6)7)76(10)11)51(91-13)39-55(83)78-37-23-27-50(78)60(92-14)44(9)61(84)73-49(38-45-24-18-16-19-25-45)63(86)71-47-31-29-46(30-32-47)70-62(85)48(26-22-35-69-67(68)90)72-64(87)56(40(2)3)74-52(80)28-20-17-21-36-79-53(81)33-34-54(79)82/h16,18-19,24-25,29-34,40-44,48-51,56-60H,15,17,20-23,26-28,35-39H2,1-14H3,(H,70,85)(H,71,86)(H,72,87)(H,73,84)(H,74,80)(H,75,88)(H3,68,69,90)/t43-,44+,48-,49-,50-,51+,56-,57-,58-,59-,60+/m0/s1. The molecule has 2 aromatic rings. The summed E-state index contributed by atoms with van der Waals surface area (Å²) >= 11 is 0. The number of nitrogens with two attached hydrogens (primary N) is 1. The highest BCUT2D eigenvalue weighted by Crippen LogP contribution is 2.30. The average molecular weight is 1290 g/mol. The van der Waals surface area contributed by atoms with Crippen molar-refractivity contribution < 1.29 is 62.2 Å². The minimum atomic E-state index is -1.13. The smallest absolute Gasteiger partial charge is 0.312 e. The number of carbonyl (C=O) groups is 11. The lowest BCUT2D eigenvalue weighted by atomic mass is 9.89. The molecule has 0 aliphatic carbocycles. The molecule has 92 heavy (non-hydrogen) atoms. The molecule has 12 amide bonds. The van der Waals surface area contributed by atoms with E-state index in [0.717, 1.165) is 10.5 Å². The zero-order valence-corrected chi connectivity index (χ0v) is 56.5.